The minimum atomic E-state index is -0.219. The van der Waals surface area contributed by atoms with Crippen LogP contribution in [0.4, 0.5) is 0 Å². The van der Waals surface area contributed by atoms with Crippen molar-refractivity contribution in [3.63, 3.8) is 0 Å². The third-order valence-corrected chi connectivity index (χ3v) is 3.03. The number of nitrogens with one attached hydrogen (secondary N) is 1. The third kappa shape index (κ3) is 3.47. The lowest BCUT2D eigenvalue weighted by molar-refractivity contribution is -0.134. The number of likely N-dealkylation sites (tertiary alicyclic amines) is 1. The smallest absolute Gasteiger partial charge is 0.236 e. The van der Waals surface area contributed by atoms with Crippen molar-refractivity contribution < 1.29 is 9.90 Å². The second-order valence-corrected chi connectivity index (χ2v) is 4.27. The molecule has 2 N–H and O–H groups in total. The Morgan fingerprint density at radius 3 is 2.93 bits per heavy atom. The maximum atomic E-state index is 11.6. The van der Waals surface area contributed by atoms with Crippen LogP contribution in [0.2, 0.25) is 0 Å². The van der Waals surface area contributed by atoms with Crippen molar-refractivity contribution in [2.24, 2.45) is 5.92 Å². The number of carbonyl (C=O) groups excluding carboxylic acids is 1. The number of amides is 1. The van der Waals surface area contributed by atoms with Gasteiger partial charge in [0.25, 0.3) is 0 Å². The van der Waals surface area contributed by atoms with Crippen LogP contribution in [0.25, 0.3) is 0 Å². The Bertz CT molecular complexity index is 209. The molecule has 0 bridgehead atoms. The number of aliphatic hydroxyl groups excluding tert-OH is 1. The van der Waals surface area contributed by atoms with Gasteiger partial charge in [0, 0.05) is 19.0 Å². The highest BCUT2D eigenvalue weighted by Gasteiger charge is 2.28. The summed E-state index contributed by atoms with van der Waals surface area (Å²) in [5.41, 5.74) is 0. The van der Waals surface area contributed by atoms with Crippen LogP contribution in [0.1, 0.15) is 26.2 Å². The molecule has 15 heavy (non-hydrogen) atoms. The molecule has 0 spiro atoms. The van der Waals surface area contributed by atoms with Crippen molar-refractivity contribution in [3.8, 4) is 0 Å². The van der Waals surface area contributed by atoms with Crippen LogP contribution >= 0.6 is 0 Å². The van der Waals surface area contributed by atoms with E-state index in [1.54, 1.807) is 7.05 Å². The Morgan fingerprint density at radius 1 is 1.60 bits per heavy atom. The second-order valence-electron chi connectivity index (χ2n) is 4.27. The highest BCUT2D eigenvalue weighted by atomic mass is 16.3. The first-order chi connectivity index (χ1) is 7.19. The van der Waals surface area contributed by atoms with Crippen LogP contribution in [-0.2, 0) is 4.79 Å². The highest BCUT2D eigenvalue weighted by Crippen LogP contribution is 2.21. The molecular formula is C11H22N2O2. The lowest BCUT2D eigenvalue weighted by atomic mass is 9.91. The summed E-state index contributed by atoms with van der Waals surface area (Å²) < 4.78 is 0. The number of rotatable bonds is 4. The van der Waals surface area contributed by atoms with Crippen LogP contribution < -0.4 is 5.32 Å². The van der Waals surface area contributed by atoms with Gasteiger partial charge in [-0.05, 0) is 19.9 Å². The van der Waals surface area contributed by atoms with Crippen LogP contribution in [0, 0.1) is 5.92 Å². The molecule has 88 valence electrons. The first-order valence-electron chi connectivity index (χ1n) is 5.79. The number of piperidine rings is 1. The van der Waals surface area contributed by atoms with E-state index in [4.69, 9.17) is 0 Å². The van der Waals surface area contributed by atoms with Crippen LogP contribution in [0.3, 0.4) is 0 Å². The maximum Gasteiger partial charge on any atom is 0.236 e. The fourth-order valence-corrected chi connectivity index (χ4v) is 2.16. The van der Waals surface area contributed by atoms with E-state index < -0.39 is 0 Å². The lowest BCUT2D eigenvalue weighted by Gasteiger charge is -2.36. The van der Waals surface area contributed by atoms with E-state index in [2.05, 4.69) is 12.2 Å². The molecule has 1 amide bonds. The first-order valence-corrected chi connectivity index (χ1v) is 5.79. The molecule has 1 rings (SSSR count). The van der Waals surface area contributed by atoms with E-state index in [9.17, 15) is 9.90 Å². The van der Waals surface area contributed by atoms with Crippen molar-refractivity contribution in [2.75, 3.05) is 26.7 Å². The quantitative estimate of drug-likeness (QED) is 0.703. The molecule has 4 heteroatoms. The number of likely N-dealkylation sites (N-methyl/N-ethyl adjacent to an activating group) is 1. The molecule has 1 saturated heterocycles. The SMILES string of the molecule is CCC[C@H]1CN(C(=O)CNC)CC[C@H]1O. The van der Waals surface area contributed by atoms with Gasteiger partial charge < -0.3 is 15.3 Å². The molecule has 0 aromatic heterocycles. The van der Waals surface area contributed by atoms with Gasteiger partial charge in [-0.15, -0.1) is 0 Å². The van der Waals surface area contributed by atoms with Crippen LogP contribution in [-0.4, -0.2) is 48.7 Å². The lowest BCUT2D eigenvalue weighted by Crippen LogP contribution is -2.48. The zero-order chi connectivity index (χ0) is 11.3. The Balaban J connectivity index is 2.45. The van der Waals surface area contributed by atoms with E-state index in [1.165, 1.54) is 0 Å². The molecule has 0 aromatic rings. The standard InChI is InChI=1S/C11H22N2O2/c1-3-4-9-8-13(6-5-10(9)14)11(15)7-12-2/h9-10,12,14H,3-8H2,1-2H3/t9-,10+/m0/s1. The average molecular weight is 214 g/mol. The van der Waals surface area contributed by atoms with E-state index in [0.29, 0.717) is 13.1 Å². The Morgan fingerprint density at radius 2 is 2.33 bits per heavy atom. The van der Waals surface area contributed by atoms with Crippen molar-refractivity contribution in [2.45, 2.75) is 32.3 Å². The predicted octanol–water partition coefficient (Wildman–Crippen LogP) is 0.215. The largest absolute Gasteiger partial charge is 0.393 e. The number of aliphatic hydroxyl groups is 1. The van der Waals surface area contributed by atoms with Gasteiger partial charge >= 0.3 is 0 Å². The topological polar surface area (TPSA) is 52.6 Å². The fraction of sp³-hybridized carbons (Fsp3) is 0.909. The Labute approximate surface area is 91.6 Å². The first kappa shape index (κ1) is 12.5. The summed E-state index contributed by atoms with van der Waals surface area (Å²) in [6, 6.07) is 0. The molecule has 1 aliphatic rings. The van der Waals surface area contributed by atoms with Gasteiger partial charge in [0.15, 0.2) is 0 Å². The minimum Gasteiger partial charge on any atom is -0.393 e. The molecule has 1 aliphatic heterocycles. The summed E-state index contributed by atoms with van der Waals surface area (Å²) in [7, 11) is 1.78. The van der Waals surface area contributed by atoms with E-state index in [1.807, 2.05) is 4.90 Å². The third-order valence-electron chi connectivity index (χ3n) is 3.03. The van der Waals surface area contributed by atoms with Gasteiger partial charge in [-0.1, -0.05) is 13.3 Å². The molecular weight excluding hydrogens is 192 g/mol. The minimum absolute atomic E-state index is 0.144. The van der Waals surface area contributed by atoms with Crippen LogP contribution in [0.5, 0.6) is 0 Å². The summed E-state index contributed by atoms with van der Waals surface area (Å²) in [4.78, 5) is 13.5. The van der Waals surface area contributed by atoms with Gasteiger partial charge in [0.2, 0.25) is 5.91 Å². The van der Waals surface area contributed by atoms with Crippen molar-refractivity contribution in [1.82, 2.24) is 10.2 Å². The summed E-state index contributed by atoms with van der Waals surface area (Å²) >= 11 is 0. The molecule has 4 nitrogen and oxygen atoms in total. The van der Waals surface area contributed by atoms with Gasteiger partial charge in [-0.3, -0.25) is 4.79 Å². The summed E-state index contributed by atoms with van der Waals surface area (Å²) in [5, 5.41) is 12.6. The summed E-state index contributed by atoms with van der Waals surface area (Å²) in [5.74, 6) is 0.412. The zero-order valence-corrected chi connectivity index (χ0v) is 9.70. The maximum absolute atomic E-state index is 11.6. The van der Waals surface area contributed by atoms with E-state index in [-0.39, 0.29) is 17.9 Å². The fourth-order valence-electron chi connectivity index (χ4n) is 2.16. The molecule has 2 atom stereocenters. The van der Waals surface area contributed by atoms with Gasteiger partial charge in [0.1, 0.15) is 0 Å². The van der Waals surface area contributed by atoms with Gasteiger partial charge in [-0.25, -0.2) is 0 Å². The van der Waals surface area contributed by atoms with Crippen molar-refractivity contribution >= 4 is 5.91 Å². The van der Waals surface area contributed by atoms with Gasteiger partial charge in [-0.2, -0.15) is 0 Å². The zero-order valence-electron chi connectivity index (χ0n) is 9.70. The Kier molecular flexibility index (Phi) is 5.05. The Hall–Kier alpha value is -0.610. The summed E-state index contributed by atoms with van der Waals surface area (Å²) in [6.45, 7) is 3.92. The second kappa shape index (κ2) is 6.08. The average Bonchev–Trinajstić information content (AvgIpc) is 2.22. The predicted molar refractivity (Wildman–Crippen MR) is 59.5 cm³/mol. The van der Waals surface area contributed by atoms with Gasteiger partial charge in [0.05, 0.1) is 12.6 Å². The van der Waals surface area contributed by atoms with E-state index >= 15 is 0 Å². The summed E-state index contributed by atoms with van der Waals surface area (Å²) in [6.07, 6.45) is 2.57. The van der Waals surface area contributed by atoms with Crippen molar-refractivity contribution in [3.05, 3.63) is 0 Å². The van der Waals surface area contributed by atoms with Crippen LogP contribution in [0.15, 0.2) is 0 Å². The number of hydrogen-bond acceptors (Lipinski definition) is 3. The highest BCUT2D eigenvalue weighted by molar-refractivity contribution is 5.78. The monoisotopic (exact) mass is 214 g/mol. The molecule has 0 aromatic carbocycles. The molecule has 0 radical (unpaired) electrons. The molecule has 0 unspecified atom stereocenters. The molecule has 0 aliphatic carbocycles. The molecule has 1 heterocycles. The number of carbonyl (C=O) groups is 1. The number of nitrogens with zero attached hydrogens (tertiary/aromatic N) is 1. The number of hydrogen-bond donors (Lipinski definition) is 2. The van der Waals surface area contributed by atoms with E-state index in [0.717, 1.165) is 25.8 Å². The molecule has 0 saturated carbocycles. The van der Waals surface area contributed by atoms with Crippen molar-refractivity contribution in [1.29, 1.82) is 0 Å². The molecule has 1 fully saturated rings. The normalized spacial score (nSPS) is 26.7.